The lowest BCUT2D eigenvalue weighted by molar-refractivity contribution is -0.117. The van der Waals surface area contributed by atoms with Crippen LogP contribution in [0.15, 0.2) is 18.2 Å². The summed E-state index contributed by atoms with van der Waals surface area (Å²) in [5.41, 5.74) is 2.42. The van der Waals surface area contributed by atoms with Crippen LogP contribution in [0, 0.1) is 5.92 Å². The van der Waals surface area contributed by atoms with Gasteiger partial charge in [-0.1, -0.05) is 25.3 Å². The molecule has 6 heteroatoms. The topological polar surface area (TPSA) is 66.5 Å². The zero-order valence-electron chi connectivity index (χ0n) is 14.3. The highest BCUT2D eigenvalue weighted by Crippen LogP contribution is 2.32. The molecule has 0 saturated heterocycles. The van der Waals surface area contributed by atoms with Gasteiger partial charge >= 0.3 is 0 Å². The van der Waals surface area contributed by atoms with E-state index < -0.39 is 10.0 Å². The lowest BCUT2D eigenvalue weighted by Gasteiger charge is -2.29. The molecule has 0 aromatic heterocycles. The standard InChI is InChI=1S/C18H26N2O3S/c1-24(22,23)20-11-5-8-15-9-10-16(13-17(15)20)19-18(21)12-14-6-3-2-4-7-14/h9-10,13-14H,2-8,11-12H2,1H3,(H,19,21). The minimum Gasteiger partial charge on any atom is -0.326 e. The van der Waals surface area contributed by atoms with Crippen LogP contribution in [0.1, 0.15) is 50.5 Å². The van der Waals surface area contributed by atoms with Gasteiger partial charge in [-0.15, -0.1) is 0 Å². The van der Waals surface area contributed by atoms with E-state index in [0.717, 1.165) is 31.2 Å². The molecule has 1 aliphatic carbocycles. The third-order valence-electron chi connectivity index (χ3n) is 5.04. The van der Waals surface area contributed by atoms with Crippen molar-refractivity contribution in [3.63, 3.8) is 0 Å². The van der Waals surface area contributed by atoms with Crippen LogP contribution >= 0.6 is 0 Å². The van der Waals surface area contributed by atoms with E-state index in [4.69, 9.17) is 0 Å². The van der Waals surface area contributed by atoms with E-state index in [1.807, 2.05) is 12.1 Å². The largest absolute Gasteiger partial charge is 0.326 e. The fourth-order valence-electron chi connectivity index (χ4n) is 3.83. The van der Waals surface area contributed by atoms with Crippen LogP contribution in [0.2, 0.25) is 0 Å². The average molecular weight is 350 g/mol. The summed E-state index contributed by atoms with van der Waals surface area (Å²) in [5, 5.41) is 2.95. The molecule has 0 radical (unpaired) electrons. The maximum Gasteiger partial charge on any atom is 0.232 e. The Bertz CT molecular complexity index is 709. The van der Waals surface area contributed by atoms with Crippen LogP contribution in [-0.4, -0.2) is 27.1 Å². The van der Waals surface area contributed by atoms with Gasteiger partial charge in [0.2, 0.25) is 15.9 Å². The second kappa shape index (κ2) is 7.13. The number of carbonyl (C=O) groups excluding carboxylic acids is 1. The van der Waals surface area contributed by atoms with Crippen molar-refractivity contribution in [2.24, 2.45) is 5.92 Å². The number of anilines is 2. The number of carbonyl (C=O) groups is 1. The molecular weight excluding hydrogens is 324 g/mol. The van der Waals surface area contributed by atoms with Crippen molar-refractivity contribution in [1.29, 1.82) is 0 Å². The second-order valence-electron chi connectivity index (χ2n) is 7.04. The van der Waals surface area contributed by atoms with Crippen molar-refractivity contribution in [2.45, 2.75) is 51.4 Å². The number of fused-ring (bicyclic) bond motifs is 1. The van der Waals surface area contributed by atoms with Gasteiger partial charge in [0, 0.05) is 18.7 Å². The molecule has 2 aliphatic rings. The van der Waals surface area contributed by atoms with E-state index in [1.54, 1.807) is 6.07 Å². The minimum atomic E-state index is -3.29. The van der Waals surface area contributed by atoms with Gasteiger partial charge in [-0.2, -0.15) is 0 Å². The zero-order valence-corrected chi connectivity index (χ0v) is 15.1. The van der Waals surface area contributed by atoms with E-state index in [1.165, 1.54) is 29.8 Å². The quantitative estimate of drug-likeness (QED) is 0.906. The Morgan fingerprint density at radius 3 is 2.67 bits per heavy atom. The molecule has 1 amide bonds. The maximum absolute atomic E-state index is 12.3. The van der Waals surface area contributed by atoms with E-state index in [-0.39, 0.29) is 5.91 Å². The fourth-order valence-corrected chi connectivity index (χ4v) is 4.82. The molecule has 0 bridgehead atoms. The molecule has 1 heterocycles. The Hall–Kier alpha value is -1.56. The predicted octanol–water partition coefficient (Wildman–Crippen LogP) is 3.31. The molecule has 24 heavy (non-hydrogen) atoms. The molecule has 132 valence electrons. The molecule has 1 aromatic rings. The number of hydrogen-bond acceptors (Lipinski definition) is 3. The molecular formula is C18H26N2O3S. The number of benzene rings is 1. The Kier molecular flexibility index (Phi) is 5.13. The van der Waals surface area contributed by atoms with Crippen molar-refractivity contribution in [2.75, 3.05) is 22.4 Å². The molecule has 5 nitrogen and oxygen atoms in total. The Labute approximate surface area is 144 Å². The summed E-state index contributed by atoms with van der Waals surface area (Å²) >= 11 is 0. The molecule has 1 saturated carbocycles. The Morgan fingerprint density at radius 2 is 1.96 bits per heavy atom. The van der Waals surface area contributed by atoms with Gasteiger partial charge < -0.3 is 5.32 Å². The van der Waals surface area contributed by atoms with Gasteiger partial charge in [-0.3, -0.25) is 9.10 Å². The van der Waals surface area contributed by atoms with Crippen LogP contribution in [0.25, 0.3) is 0 Å². The molecule has 1 aliphatic heterocycles. The first kappa shape index (κ1) is 17.3. The molecule has 0 spiro atoms. The number of aryl methyl sites for hydroxylation is 1. The summed E-state index contributed by atoms with van der Waals surface area (Å²) in [6.45, 7) is 0.505. The number of sulfonamides is 1. The van der Waals surface area contributed by atoms with Crippen molar-refractivity contribution in [3.05, 3.63) is 23.8 Å². The van der Waals surface area contributed by atoms with Gasteiger partial charge in [0.15, 0.2) is 0 Å². The van der Waals surface area contributed by atoms with Crippen LogP contribution < -0.4 is 9.62 Å². The number of nitrogens with zero attached hydrogens (tertiary/aromatic N) is 1. The van der Waals surface area contributed by atoms with Crippen molar-refractivity contribution in [3.8, 4) is 0 Å². The predicted molar refractivity (Wildman–Crippen MR) is 96.8 cm³/mol. The lowest BCUT2D eigenvalue weighted by Crippen LogP contribution is -2.34. The van der Waals surface area contributed by atoms with E-state index in [9.17, 15) is 13.2 Å². The van der Waals surface area contributed by atoms with Gasteiger partial charge in [0.25, 0.3) is 0 Å². The Balaban J connectivity index is 1.72. The summed E-state index contributed by atoms with van der Waals surface area (Å²) in [5.74, 6) is 0.521. The second-order valence-corrected chi connectivity index (χ2v) is 8.95. The van der Waals surface area contributed by atoms with Crippen molar-refractivity contribution >= 4 is 27.3 Å². The first-order valence-electron chi connectivity index (χ1n) is 8.84. The molecule has 0 atom stereocenters. The highest BCUT2D eigenvalue weighted by atomic mass is 32.2. The third kappa shape index (κ3) is 4.09. The lowest BCUT2D eigenvalue weighted by atomic mass is 9.87. The van der Waals surface area contributed by atoms with Crippen LogP contribution in [0.4, 0.5) is 11.4 Å². The van der Waals surface area contributed by atoms with Gasteiger partial charge in [0.1, 0.15) is 0 Å². The summed E-state index contributed by atoms with van der Waals surface area (Å²) in [7, 11) is -3.29. The molecule has 0 unspecified atom stereocenters. The number of nitrogens with one attached hydrogen (secondary N) is 1. The highest BCUT2D eigenvalue weighted by molar-refractivity contribution is 7.92. The van der Waals surface area contributed by atoms with Crippen LogP contribution in [-0.2, 0) is 21.2 Å². The van der Waals surface area contributed by atoms with Gasteiger partial charge in [0.05, 0.1) is 11.9 Å². The van der Waals surface area contributed by atoms with Crippen LogP contribution in [0.5, 0.6) is 0 Å². The SMILES string of the molecule is CS(=O)(=O)N1CCCc2ccc(NC(=O)CC3CCCCC3)cc21. The minimum absolute atomic E-state index is 0.0311. The Morgan fingerprint density at radius 1 is 1.21 bits per heavy atom. The molecule has 1 N–H and O–H groups in total. The maximum atomic E-state index is 12.3. The van der Waals surface area contributed by atoms with Gasteiger partial charge in [-0.25, -0.2) is 8.42 Å². The number of hydrogen-bond donors (Lipinski definition) is 1. The molecule has 1 aromatic carbocycles. The summed E-state index contributed by atoms with van der Waals surface area (Å²) < 4.78 is 25.4. The molecule has 1 fully saturated rings. The van der Waals surface area contributed by atoms with Crippen molar-refractivity contribution < 1.29 is 13.2 Å². The first-order chi connectivity index (χ1) is 11.4. The zero-order chi connectivity index (χ0) is 17.2. The van der Waals surface area contributed by atoms with Crippen LogP contribution in [0.3, 0.4) is 0 Å². The monoisotopic (exact) mass is 350 g/mol. The van der Waals surface area contributed by atoms with E-state index in [0.29, 0.717) is 30.3 Å². The normalized spacial score (nSPS) is 19.0. The van der Waals surface area contributed by atoms with E-state index >= 15 is 0 Å². The summed E-state index contributed by atoms with van der Waals surface area (Å²) in [4.78, 5) is 12.3. The fraction of sp³-hybridized carbons (Fsp3) is 0.611. The number of rotatable bonds is 4. The van der Waals surface area contributed by atoms with Gasteiger partial charge in [-0.05, 0) is 49.3 Å². The smallest absolute Gasteiger partial charge is 0.232 e. The third-order valence-corrected chi connectivity index (χ3v) is 6.22. The number of amides is 1. The summed E-state index contributed by atoms with van der Waals surface area (Å²) in [6, 6.07) is 5.61. The molecule has 3 rings (SSSR count). The van der Waals surface area contributed by atoms with Crippen molar-refractivity contribution in [1.82, 2.24) is 0 Å². The average Bonchev–Trinajstić information content (AvgIpc) is 2.54. The highest BCUT2D eigenvalue weighted by Gasteiger charge is 2.24. The summed E-state index contributed by atoms with van der Waals surface area (Å²) in [6.07, 6.45) is 9.50. The first-order valence-corrected chi connectivity index (χ1v) is 10.7. The van der Waals surface area contributed by atoms with E-state index in [2.05, 4.69) is 5.32 Å².